The van der Waals surface area contributed by atoms with Crippen LogP contribution in [-0.2, 0) is 52.3 Å². The first-order valence-corrected chi connectivity index (χ1v) is 28.3. The van der Waals surface area contributed by atoms with Gasteiger partial charge in [0.25, 0.3) is 0 Å². The molecule has 2 N–H and O–H groups in total. The number of aromatic nitrogens is 1. The van der Waals surface area contributed by atoms with Gasteiger partial charge in [-0.15, -0.1) is 0 Å². The number of carbonyl (C=O) groups excluding carboxylic acids is 6. The van der Waals surface area contributed by atoms with Crippen LogP contribution in [0.1, 0.15) is 110 Å². The fourth-order valence-electron chi connectivity index (χ4n) is 11.6. The molecule has 3 aromatic rings. The highest BCUT2D eigenvalue weighted by Gasteiger charge is 2.78. The summed E-state index contributed by atoms with van der Waals surface area (Å²) in [5, 5.41) is 17.7. The number of rotatable bonds is 19. The van der Waals surface area contributed by atoms with Crippen LogP contribution in [0.25, 0.3) is 0 Å². The number of aliphatic hydroxyl groups is 1. The number of ether oxygens (including phenoxy) is 8. The number of carbonyl (C=O) groups is 6. The van der Waals surface area contributed by atoms with Crippen molar-refractivity contribution in [3.8, 4) is 0 Å². The maximum Gasteiger partial charge on any atom is 0.410 e. The lowest BCUT2D eigenvalue weighted by molar-refractivity contribution is -0.347. The van der Waals surface area contributed by atoms with Gasteiger partial charge in [-0.1, -0.05) is 92.6 Å². The van der Waals surface area contributed by atoms with Crippen LogP contribution >= 0.6 is 21.6 Å². The normalized spacial score (nSPS) is 28.1. The second-order valence-corrected chi connectivity index (χ2v) is 24.2. The van der Waals surface area contributed by atoms with Gasteiger partial charge < -0.3 is 53.2 Å². The topological polar surface area (TPSA) is 225 Å². The predicted octanol–water partition coefficient (Wildman–Crippen LogP) is 8.65. The second-order valence-electron chi connectivity index (χ2n) is 21.8. The standard InChI is InChI=1S/C57H73N3O15S2/c1-12-13-28-60(29-30-76-77-41-26-20-21-27-58-41)52(66)72-45(43(36-22-16-14-17-23-36)59-51(65)75-53(4,5)6)50(64)71-38-32-57(67)48(73-49(63)37-24-18-15-19-25-37)46-55(9,47(62)44(69-11)42(34(38)2)54(57,7)8)39(68-10)31-40-56(46,33-70-40)74-35(3)61/h14-27,38-40,43-46,48,67H,12-13,28-33H2,1-11H3,(H,59,65)/t38?,39-,40+,43-,44+,45?,46-,48-,55+,56-,57+/m0/s1. The van der Waals surface area contributed by atoms with Gasteiger partial charge in [0.15, 0.2) is 11.4 Å². The molecule has 20 heteroatoms. The smallest absolute Gasteiger partial charge is 0.410 e. The predicted molar refractivity (Wildman–Crippen MR) is 286 cm³/mol. The van der Waals surface area contributed by atoms with Crippen LogP contribution in [0.4, 0.5) is 9.59 Å². The van der Waals surface area contributed by atoms with Crippen molar-refractivity contribution in [3.63, 3.8) is 0 Å². The first-order valence-electron chi connectivity index (χ1n) is 26.0. The molecule has 2 amide bonds. The number of nitrogens with one attached hydrogen (secondary N) is 1. The van der Waals surface area contributed by atoms with Gasteiger partial charge in [-0.2, -0.15) is 0 Å². The number of methoxy groups -OCH3 is 2. The van der Waals surface area contributed by atoms with E-state index in [1.165, 1.54) is 47.6 Å². The van der Waals surface area contributed by atoms with Crippen molar-refractivity contribution >= 4 is 57.5 Å². The van der Waals surface area contributed by atoms with E-state index in [1.807, 2.05) is 25.1 Å². The highest BCUT2D eigenvalue weighted by molar-refractivity contribution is 8.76. The summed E-state index contributed by atoms with van der Waals surface area (Å²) in [6.07, 6.45) is -7.44. The molecule has 418 valence electrons. The summed E-state index contributed by atoms with van der Waals surface area (Å²) in [7, 11) is 5.73. The van der Waals surface area contributed by atoms with Crippen molar-refractivity contribution in [2.45, 2.75) is 152 Å². The number of Topliss-reactive ketones (excluding diaryl/α,β-unsaturated/α-hetero) is 1. The summed E-state index contributed by atoms with van der Waals surface area (Å²) < 4.78 is 49.9. The number of pyridine rings is 1. The van der Waals surface area contributed by atoms with Crippen molar-refractivity contribution < 1.29 is 71.8 Å². The van der Waals surface area contributed by atoms with Gasteiger partial charge in [-0.05, 0) is 92.8 Å². The van der Waals surface area contributed by atoms with E-state index >= 15 is 9.59 Å². The Morgan fingerprint density at radius 3 is 2.19 bits per heavy atom. The lowest BCUT2D eigenvalue weighted by Gasteiger charge is -2.67. The van der Waals surface area contributed by atoms with Crippen LogP contribution in [0.3, 0.4) is 0 Å². The van der Waals surface area contributed by atoms with Crippen molar-refractivity contribution in [3.05, 3.63) is 107 Å². The Kier molecular flexibility index (Phi) is 18.6. The van der Waals surface area contributed by atoms with Crippen molar-refractivity contribution in [1.29, 1.82) is 0 Å². The molecule has 0 radical (unpaired) electrons. The fourth-order valence-corrected chi connectivity index (χ4v) is 13.5. The SMILES string of the molecule is CCCCN(CCSSc1ccccn1)C(=O)OC(C(=O)OC1C[C@@]2(O)[C@@H](OC(=O)c3ccccc3)[C@@H]3[C@]4(OC(C)=O)CO[C@@H]4C[C@H](OC)[C@@]3(C)C(=O)[C@H](OC)C(=C1C)C2(C)C)[C@@H](NC(=O)OC(C)(C)C)c1ccccc1. The molecule has 2 heterocycles. The first-order chi connectivity index (χ1) is 36.5. The van der Waals surface area contributed by atoms with E-state index in [1.54, 1.807) is 115 Å². The van der Waals surface area contributed by atoms with E-state index in [2.05, 4.69) is 10.3 Å². The number of amides is 2. The van der Waals surface area contributed by atoms with Crippen molar-refractivity contribution in [2.24, 2.45) is 16.7 Å². The quantitative estimate of drug-likeness (QED) is 0.0376. The largest absolute Gasteiger partial charge is 0.455 e. The highest BCUT2D eigenvalue weighted by atomic mass is 33.1. The van der Waals surface area contributed by atoms with Crippen molar-refractivity contribution in [1.82, 2.24) is 15.2 Å². The van der Waals surface area contributed by atoms with Gasteiger partial charge in [-0.3, -0.25) is 9.59 Å². The third-order valence-electron chi connectivity index (χ3n) is 15.5. The van der Waals surface area contributed by atoms with E-state index in [0.717, 1.165) is 11.4 Å². The molecule has 18 nitrogen and oxygen atoms in total. The second kappa shape index (κ2) is 24.2. The number of hydrogen-bond donors (Lipinski definition) is 2. The zero-order valence-electron chi connectivity index (χ0n) is 45.7. The molecule has 3 aliphatic carbocycles. The van der Waals surface area contributed by atoms with E-state index in [4.69, 9.17) is 37.9 Å². The van der Waals surface area contributed by atoms with Gasteiger partial charge in [-0.25, -0.2) is 24.2 Å². The Balaban J connectivity index is 1.36. The Labute approximate surface area is 458 Å². The van der Waals surface area contributed by atoms with Crippen LogP contribution in [0.5, 0.6) is 0 Å². The number of fused-ring (bicyclic) bond motifs is 5. The molecule has 11 atom stereocenters. The van der Waals surface area contributed by atoms with Gasteiger partial charge in [0, 0.05) is 64.4 Å². The van der Waals surface area contributed by atoms with Crippen LogP contribution in [0, 0.1) is 16.7 Å². The first kappa shape index (κ1) is 59.2. The maximum absolute atomic E-state index is 15.9. The zero-order valence-corrected chi connectivity index (χ0v) is 47.4. The number of nitrogens with zero attached hydrogens (tertiary/aromatic N) is 2. The third-order valence-corrected chi connectivity index (χ3v) is 17.8. The van der Waals surface area contributed by atoms with Gasteiger partial charge in [0.1, 0.15) is 46.7 Å². The number of unbranched alkanes of at least 4 members (excludes halogenated alkanes) is 1. The molecule has 2 unspecified atom stereocenters. The molecule has 2 aromatic carbocycles. The molecule has 1 aromatic heterocycles. The van der Waals surface area contributed by atoms with Gasteiger partial charge in [0.2, 0.25) is 6.10 Å². The Morgan fingerprint density at radius 2 is 1.61 bits per heavy atom. The van der Waals surface area contributed by atoms with Crippen LogP contribution < -0.4 is 5.32 Å². The van der Waals surface area contributed by atoms with Gasteiger partial charge in [0.05, 0.1) is 29.6 Å². The van der Waals surface area contributed by atoms with E-state index in [-0.39, 0.29) is 37.3 Å². The maximum atomic E-state index is 15.9. The minimum Gasteiger partial charge on any atom is -0.455 e. The van der Waals surface area contributed by atoms with E-state index < -0.39 is 119 Å². The average Bonchev–Trinajstić information content (AvgIpc) is 3.57. The average molecular weight is 1100 g/mol. The Bertz CT molecular complexity index is 2640. The Morgan fingerprint density at radius 1 is 0.935 bits per heavy atom. The summed E-state index contributed by atoms with van der Waals surface area (Å²) in [6.45, 7) is 15.2. The van der Waals surface area contributed by atoms with Gasteiger partial charge >= 0.3 is 30.1 Å². The highest BCUT2D eigenvalue weighted by Crippen LogP contribution is 2.65. The summed E-state index contributed by atoms with van der Waals surface area (Å²) in [6, 6.07) is 20.7. The summed E-state index contributed by atoms with van der Waals surface area (Å²) in [5.41, 5.74) is -7.14. The number of alkyl carbamates (subject to hydrolysis) is 1. The molecule has 0 spiro atoms. The monoisotopic (exact) mass is 1100 g/mol. The molecule has 3 fully saturated rings. The van der Waals surface area contributed by atoms with Crippen LogP contribution in [-0.4, -0.2) is 144 Å². The van der Waals surface area contributed by atoms with Crippen LogP contribution in [0.15, 0.2) is 101 Å². The number of hydrogen-bond acceptors (Lipinski definition) is 18. The molecule has 7 rings (SSSR count). The molecular formula is C57H73N3O15S2. The molecule has 1 saturated heterocycles. The minimum atomic E-state index is -2.30. The Hall–Kier alpha value is -5.51. The number of esters is 3. The summed E-state index contributed by atoms with van der Waals surface area (Å²) in [4.78, 5) is 93.8. The third kappa shape index (κ3) is 12.1. The van der Waals surface area contributed by atoms with E-state index in [0.29, 0.717) is 23.3 Å². The molecule has 1 aliphatic heterocycles. The van der Waals surface area contributed by atoms with E-state index in [9.17, 15) is 24.3 Å². The lowest BCUT2D eigenvalue weighted by Crippen LogP contribution is -2.82. The number of benzene rings is 2. The van der Waals surface area contributed by atoms with Crippen LogP contribution in [0.2, 0.25) is 0 Å². The fraction of sp³-hybridized carbons (Fsp3) is 0.561. The molecular weight excluding hydrogens is 1030 g/mol. The molecule has 77 heavy (non-hydrogen) atoms. The summed E-state index contributed by atoms with van der Waals surface area (Å²) in [5.74, 6) is -4.13. The molecule has 2 saturated carbocycles. The lowest BCUT2D eigenvalue weighted by atomic mass is 9.44. The molecule has 2 bridgehead atoms. The minimum absolute atomic E-state index is 0.0945. The zero-order chi connectivity index (χ0) is 56.1. The summed E-state index contributed by atoms with van der Waals surface area (Å²) >= 11 is 0. The number of ketones is 1. The van der Waals surface area contributed by atoms with Crippen molar-refractivity contribution in [2.75, 3.05) is 39.7 Å². The molecule has 4 aliphatic rings.